The van der Waals surface area contributed by atoms with Gasteiger partial charge in [-0.2, -0.15) is 24.4 Å². The Hall–Kier alpha value is -0.610. The summed E-state index contributed by atoms with van der Waals surface area (Å²) in [5.41, 5.74) is 1.15. The van der Waals surface area contributed by atoms with Crippen molar-refractivity contribution < 1.29 is 4.79 Å². The standard InChI is InChI=1S/C14H21NOS2/c1-2-18-10-6-9-15-14(16)13(17)11-12-7-4-3-5-8-12/h3-5,7-8,13,17H,2,6,9-11H2,1H3,(H,15,16). The quantitative estimate of drug-likeness (QED) is 0.567. The lowest BCUT2D eigenvalue weighted by Crippen LogP contribution is -2.33. The van der Waals surface area contributed by atoms with Gasteiger partial charge < -0.3 is 5.32 Å². The highest BCUT2D eigenvalue weighted by Gasteiger charge is 2.13. The van der Waals surface area contributed by atoms with Crippen molar-refractivity contribution >= 4 is 30.3 Å². The van der Waals surface area contributed by atoms with Crippen LogP contribution in [0.2, 0.25) is 0 Å². The highest BCUT2D eigenvalue weighted by molar-refractivity contribution is 7.99. The maximum absolute atomic E-state index is 11.8. The van der Waals surface area contributed by atoms with Gasteiger partial charge in [-0.25, -0.2) is 0 Å². The second kappa shape index (κ2) is 9.34. The number of hydrogen-bond acceptors (Lipinski definition) is 3. The minimum Gasteiger partial charge on any atom is -0.355 e. The lowest BCUT2D eigenvalue weighted by molar-refractivity contribution is -0.120. The number of amides is 1. The Morgan fingerprint density at radius 2 is 2.11 bits per heavy atom. The van der Waals surface area contributed by atoms with E-state index in [1.165, 1.54) is 0 Å². The Balaban J connectivity index is 2.21. The first-order chi connectivity index (χ1) is 8.74. The number of hydrogen-bond donors (Lipinski definition) is 2. The van der Waals surface area contributed by atoms with Gasteiger partial charge in [-0.15, -0.1) is 0 Å². The topological polar surface area (TPSA) is 29.1 Å². The van der Waals surface area contributed by atoms with E-state index in [-0.39, 0.29) is 11.2 Å². The van der Waals surface area contributed by atoms with E-state index in [0.717, 1.165) is 30.0 Å². The first-order valence-electron chi connectivity index (χ1n) is 6.31. The van der Waals surface area contributed by atoms with Crippen LogP contribution in [0.5, 0.6) is 0 Å². The van der Waals surface area contributed by atoms with Crippen LogP contribution in [0.4, 0.5) is 0 Å². The van der Waals surface area contributed by atoms with E-state index in [1.807, 2.05) is 42.1 Å². The molecular weight excluding hydrogens is 262 g/mol. The van der Waals surface area contributed by atoms with E-state index in [9.17, 15) is 4.79 Å². The van der Waals surface area contributed by atoms with Crippen LogP contribution in [0.25, 0.3) is 0 Å². The number of nitrogens with one attached hydrogen (secondary N) is 1. The van der Waals surface area contributed by atoms with Crippen molar-refractivity contribution in [2.45, 2.75) is 25.0 Å². The fraction of sp³-hybridized carbons (Fsp3) is 0.500. The molecule has 18 heavy (non-hydrogen) atoms. The summed E-state index contributed by atoms with van der Waals surface area (Å²) in [4.78, 5) is 11.8. The minimum atomic E-state index is -0.258. The Bertz CT molecular complexity index is 343. The van der Waals surface area contributed by atoms with Crippen molar-refractivity contribution in [1.82, 2.24) is 5.32 Å². The summed E-state index contributed by atoms with van der Waals surface area (Å²) >= 11 is 6.26. The zero-order valence-electron chi connectivity index (χ0n) is 10.8. The van der Waals surface area contributed by atoms with Gasteiger partial charge in [0.15, 0.2) is 0 Å². The molecule has 0 bridgehead atoms. The minimum absolute atomic E-state index is 0.0312. The fourth-order valence-corrected chi connectivity index (χ4v) is 2.52. The number of rotatable bonds is 8. The van der Waals surface area contributed by atoms with Gasteiger partial charge in [-0.1, -0.05) is 37.3 Å². The van der Waals surface area contributed by atoms with E-state index in [4.69, 9.17) is 0 Å². The summed E-state index contributed by atoms with van der Waals surface area (Å²) < 4.78 is 0. The van der Waals surface area contributed by atoms with Crippen molar-refractivity contribution in [3.63, 3.8) is 0 Å². The molecule has 0 aliphatic rings. The second-order valence-electron chi connectivity index (χ2n) is 4.05. The van der Waals surface area contributed by atoms with Gasteiger partial charge in [0, 0.05) is 6.54 Å². The lowest BCUT2D eigenvalue weighted by Gasteiger charge is -2.11. The van der Waals surface area contributed by atoms with Gasteiger partial charge in [0.05, 0.1) is 5.25 Å². The molecule has 0 aromatic heterocycles. The Labute approximate surface area is 119 Å². The summed E-state index contributed by atoms with van der Waals surface area (Å²) in [6, 6.07) is 9.98. The maximum atomic E-state index is 11.8. The molecule has 1 rings (SSSR count). The van der Waals surface area contributed by atoms with Gasteiger partial charge in [-0.05, 0) is 29.9 Å². The zero-order chi connectivity index (χ0) is 13.2. The summed E-state index contributed by atoms with van der Waals surface area (Å²) in [5.74, 6) is 2.27. The molecule has 1 atom stereocenters. The first kappa shape index (κ1) is 15.4. The van der Waals surface area contributed by atoms with Crippen LogP contribution in [0.1, 0.15) is 18.9 Å². The molecule has 1 unspecified atom stereocenters. The van der Waals surface area contributed by atoms with Crippen LogP contribution in [-0.2, 0) is 11.2 Å². The summed E-state index contributed by atoms with van der Waals surface area (Å²) in [5, 5.41) is 2.67. The molecule has 0 saturated carbocycles. The zero-order valence-corrected chi connectivity index (χ0v) is 12.5. The molecule has 1 amide bonds. The smallest absolute Gasteiger partial charge is 0.233 e. The Morgan fingerprint density at radius 1 is 1.39 bits per heavy atom. The average Bonchev–Trinajstić information content (AvgIpc) is 2.39. The van der Waals surface area contributed by atoms with E-state index < -0.39 is 0 Å². The molecular formula is C14H21NOS2. The largest absolute Gasteiger partial charge is 0.355 e. The molecule has 2 nitrogen and oxygen atoms in total. The lowest BCUT2D eigenvalue weighted by atomic mass is 10.1. The van der Waals surface area contributed by atoms with Crippen molar-refractivity contribution in [3.8, 4) is 0 Å². The third-order valence-corrected chi connectivity index (χ3v) is 3.95. The number of carbonyl (C=O) groups excluding carboxylic acids is 1. The Morgan fingerprint density at radius 3 is 2.78 bits per heavy atom. The van der Waals surface area contributed by atoms with Gasteiger partial charge in [0.1, 0.15) is 0 Å². The molecule has 4 heteroatoms. The predicted molar refractivity (Wildman–Crippen MR) is 83.5 cm³/mol. The predicted octanol–water partition coefficient (Wildman–Crippen LogP) is 2.79. The molecule has 0 heterocycles. The van der Waals surface area contributed by atoms with Crippen molar-refractivity contribution in [1.29, 1.82) is 0 Å². The van der Waals surface area contributed by atoms with Crippen LogP contribution < -0.4 is 5.32 Å². The van der Waals surface area contributed by atoms with E-state index >= 15 is 0 Å². The van der Waals surface area contributed by atoms with E-state index in [0.29, 0.717) is 6.42 Å². The maximum Gasteiger partial charge on any atom is 0.233 e. The summed E-state index contributed by atoms with van der Waals surface area (Å²) in [6.07, 6.45) is 1.70. The van der Waals surface area contributed by atoms with Crippen LogP contribution in [0.15, 0.2) is 30.3 Å². The first-order valence-corrected chi connectivity index (χ1v) is 7.98. The van der Waals surface area contributed by atoms with Gasteiger partial charge >= 0.3 is 0 Å². The molecule has 0 aliphatic heterocycles. The molecule has 0 saturated heterocycles. The van der Waals surface area contributed by atoms with Gasteiger partial charge in [0.25, 0.3) is 0 Å². The van der Waals surface area contributed by atoms with E-state index in [2.05, 4.69) is 24.9 Å². The van der Waals surface area contributed by atoms with Crippen LogP contribution in [-0.4, -0.2) is 29.2 Å². The van der Waals surface area contributed by atoms with Crippen LogP contribution in [0, 0.1) is 0 Å². The molecule has 1 aromatic carbocycles. The number of carbonyl (C=O) groups is 1. The molecule has 1 aromatic rings. The van der Waals surface area contributed by atoms with Crippen molar-refractivity contribution in [2.75, 3.05) is 18.1 Å². The Kier molecular flexibility index (Phi) is 8.01. The number of thioether (sulfide) groups is 1. The van der Waals surface area contributed by atoms with E-state index in [1.54, 1.807) is 0 Å². The number of thiol groups is 1. The SMILES string of the molecule is CCSCCCNC(=O)C(S)Cc1ccccc1. The third-order valence-electron chi connectivity index (χ3n) is 2.54. The summed E-state index contributed by atoms with van der Waals surface area (Å²) in [7, 11) is 0. The molecule has 100 valence electrons. The van der Waals surface area contributed by atoms with Crippen molar-refractivity contribution in [2.24, 2.45) is 0 Å². The monoisotopic (exact) mass is 283 g/mol. The molecule has 1 N–H and O–H groups in total. The molecule has 0 aliphatic carbocycles. The highest BCUT2D eigenvalue weighted by atomic mass is 32.2. The second-order valence-corrected chi connectivity index (χ2v) is 6.06. The average molecular weight is 283 g/mol. The number of benzene rings is 1. The third kappa shape index (κ3) is 6.36. The molecule has 0 spiro atoms. The fourth-order valence-electron chi connectivity index (χ4n) is 1.58. The van der Waals surface area contributed by atoms with Gasteiger partial charge in [-0.3, -0.25) is 4.79 Å². The molecule has 0 fully saturated rings. The molecule has 0 radical (unpaired) electrons. The van der Waals surface area contributed by atoms with Crippen molar-refractivity contribution in [3.05, 3.63) is 35.9 Å². The summed E-state index contributed by atoms with van der Waals surface area (Å²) in [6.45, 7) is 2.89. The van der Waals surface area contributed by atoms with Crippen LogP contribution in [0.3, 0.4) is 0 Å². The van der Waals surface area contributed by atoms with Gasteiger partial charge in [0.2, 0.25) is 5.91 Å². The highest BCUT2D eigenvalue weighted by Crippen LogP contribution is 2.08. The normalized spacial score (nSPS) is 12.1. The van der Waals surface area contributed by atoms with Crippen LogP contribution >= 0.6 is 24.4 Å².